The zero-order chi connectivity index (χ0) is 22.6. The Bertz CT molecular complexity index is 830. The first-order valence-corrected chi connectivity index (χ1v) is 20.9. The van der Waals surface area contributed by atoms with Gasteiger partial charge in [-0.05, 0) is 112 Å². The van der Waals surface area contributed by atoms with Crippen LogP contribution in [0.15, 0.2) is 0 Å². The van der Waals surface area contributed by atoms with Crippen LogP contribution in [-0.4, -0.2) is 16.1 Å². The molecule has 0 spiro atoms. The van der Waals surface area contributed by atoms with Gasteiger partial charge in [0.05, 0.1) is 0 Å². The summed E-state index contributed by atoms with van der Waals surface area (Å²) < 4.78 is 0. The fourth-order valence-corrected chi connectivity index (χ4v) is 12.0. The van der Waals surface area contributed by atoms with E-state index in [4.69, 9.17) is 0 Å². The molecule has 174 valence electrons. The normalized spacial score (nSPS) is 50.6. The van der Waals surface area contributed by atoms with Gasteiger partial charge in [-0.1, -0.05) is 39.3 Å². The first-order valence-electron chi connectivity index (χ1n) is 13.9. The Labute approximate surface area is 200 Å². The highest BCUT2D eigenvalue weighted by Crippen LogP contribution is 2.78. The standard InChI is InChI=1S/C30H46Si2/c1-31(2,3)9-7-27-13-23-11-24(14-27)18-29(17-23,21-27)30-19-25-12-26(20-30)16-28(15-25,22-30)8-10-32(4,5)6/h23-26H,11-22H2,1-6H3. The van der Waals surface area contributed by atoms with Crippen molar-refractivity contribution in [1.82, 2.24) is 0 Å². The molecule has 0 saturated heterocycles. The van der Waals surface area contributed by atoms with Crippen molar-refractivity contribution in [2.75, 3.05) is 0 Å². The predicted octanol–water partition coefficient (Wildman–Crippen LogP) is 7.92. The topological polar surface area (TPSA) is 0 Å². The second-order valence-electron chi connectivity index (χ2n) is 16.0. The molecule has 0 N–H and O–H groups in total. The van der Waals surface area contributed by atoms with Crippen LogP contribution in [0.1, 0.15) is 77.0 Å². The summed E-state index contributed by atoms with van der Waals surface area (Å²) in [4.78, 5) is 0. The largest absolute Gasteiger partial charge is 0.131 e. The smallest absolute Gasteiger partial charge is 0.129 e. The van der Waals surface area contributed by atoms with E-state index in [-0.39, 0.29) is 0 Å². The van der Waals surface area contributed by atoms with Crippen molar-refractivity contribution in [2.24, 2.45) is 45.3 Å². The molecule has 8 rings (SSSR count). The fraction of sp³-hybridized carbons (Fsp3) is 0.867. The van der Waals surface area contributed by atoms with Gasteiger partial charge in [0.25, 0.3) is 0 Å². The number of rotatable bonds is 1. The summed E-state index contributed by atoms with van der Waals surface area (Å²) in [6.07, 6.45) is 17.9. The molecular weight excluding hydrogens is 417 g/mol. The lowest BCUT2D eigenvalue weighted by molar-refractivity contribution is -0.220. The molecule has 8 saturated carbocycles. The Morgan fingerprint density at radius 1 is 0.500 bits per heavy atom. The van der Waals surface area contributed by atoms with Crippen LogP contribution in [0.25, 0.3) is 0 Å². The third-order valence-electron chi connectivity index (χ3n) is 10.7. The van der Waals surface area contributed by atoms with Gasteiger partial charge >= 0.3 is 0 Å². The van der Waals surface area contributed by atoms with Crippen molar-refractivity contribution in [2.45, 2.75) is 116 Å². The summed E-state index contributed by atoms with van der Waals surface area (Å²) in [7, 11) is -2.64. The average Bonchev–Trinajstić information content (AvgIpc) is 2.62. The minimum Gasteiger partial charge on any atom is -0.131 e. The second kappa shape index (κ2) is 6.61. The van der Waals surface area contributed by atoms with Gasteiger partial charge in [0.1, 0.15) is 16.1 Å². The van der Waals surface area contributed by atoms with Crippen LogP contribution >= 0.6 is 0 Å². The molecule has 0 aromatic rings. The van der Waals surface area contributed by atoms with Gasteiger partial charge in [-0.2, -0.15) is 0 Å². The van der Waals surface area contributed by atoms with E-state index in [1.54, 1.807) is 25.7 Å². The third-order valence-corrected chi connectivity index (χ3v) is 12.4. The Hall–Kier alpha value is -0.446. The zero-order valence-electron chi connectivity index (χ0n) is 21.8. The molecule has 0 aliphatic heterocycles. The van der Waals surface area contributed by atoms with Crippen LogP contribution in [0, 0.1) is 68.3 Å². The summed E-state index contributed by atoms with van der Waals surface area (Å²) in [5, 5.41) is 0. The highest BCUT2D eigenvalue weighted by Gasteiger charge is 2.69. The molecule has 0 aromatic heterocycles. The lowest BCUT2D eigenvalue weighted by atomic mass is 9.31. The number of hydrogen-bond donors (Lipinski definition) is 0. The molecule has 8 aliphatic rings. The lowest BCUT2D eigenvalue weighted by Gasteiger charge is -2.73. The van der Waals surface area contributed by atoms with Crippen molar-refractivity contribution in [3.8, 4) is 22.9 Å². The molecule has 8 bridgehead atoms. The van der Waals surface area contributed by atoms with E-state index in [0.29, 0.717) is 21.7 Å². The van der Waals surface area contributed by atoms with Crippen LogP contribution < -0.4 is 0 Å². The molecule has 4 atom stereocenters. The van der Waals surface area contributed by atoms with E-state index in [0.717, 1.165) is 23.7 Å². The molecule has 8 aliphatic carbocycles. The Kier molecular flexibility index (Phi) is 4.55. The minimum atomic E-state index is -1.32. The SMILES string of the molecule is C[Si](C)(C)C#CC12CC3CC(C1)CC(C14CC5CC(CC(C#C[Si](C)(C)C)(C5)C1)C4)(C3)C2. The third kappa shape index (κ3) is 3.54. The Morgan fingerprint density at radius 3 is 1.09 bits per heavy atom. The molecule has 2 heteroatoms. The molecule has 0 aromatic carbocycles. The summed E-state index contributed by atoms with van der Waals surface area (Å²) in [5.74, 6) is 12.0. The molecule has 0 amide bonds. The van der Waals surface area contributed by atoms with Crippen LogP contribution in [-0.2, 0) is 0 Å². The predicted molar refractivity (Wildman–Crippen MR) is 141 cm³/mol. The first-order chi connectivity index (χ1) is 14.8. The van der Waals surface area contributed by atoms with Crippen molar-refractivity contribution in [3.05, 3.63) is 0 Å². The highest BCUT2D eigenvalue weighted by atomic mass is 28.3. The minimum absolute atomic E-state index is 0.380. The average molecular weight is 463 g/mol. The molecule has 0 heterocycles. The van der Waals surface area contributed by atoms with Crippen LogP contribution in [0.2, 0.25) is 39.3 Å². The van der Waals surface area contributed by atoms with E-state index in [2.05, 4.69) is 62.2 Å². The maximum absolute atomic E-state index is 4.07. The summed E-state index contributed by atoms with van der Waals surface area (Å²) >= 11 is 0. The zero-order valence-corrected chi connectivity index (χ0v) is 23.8. The summed E-state index contributed by atoms with van der Waals surface area (Å²) in [6, 6.07) is 0. The van der Waals surface area contributed by atoms with Gasteiger partial charge in [0.15, 0.2) is 0 Å². The highest BCUT2D eigenvalue weighted by molar-refractivity contribution is 6.84. The summed E-state index contributed by atoms with van der Waals surface area (Å²) in [5.41, 5.74) is 9.74. The van der Waals surface area contributed by atoms with Crippen LogP contribution in [0.5, 0.6) is 0 Å². The van der Waals surface area contributed by atoms with Crippen LogP contribution in [0.3, 0.4) is 0 Å². The van der Waals surface area contributed by atoms with E-state index in [1.807, 2.05) is 0 Å². The fourth-order valence-electron chi connectivity index (χ4n) is 10.7. The van der Waals surface area contributed by atoms with Crippen LogP contribution in [0.4, 0.5) is 0 Å². The Morgan fingerprint density at radius 2 is 0.812 bits per heavy atom. The van der Waals surface area contributed by atoms with E-state index in [9.17, 15) is 0 Å². The monoisotopic (exact) mass is 462 g/mol. The van der Waals surface area contributed by atoms with Crippen molar-refractivity contribution in [3.63, 3.8) is 0 Å². The number of hydrogen-bond acceptors (Lipinski definition) is 0. The lowest BCUT2D eigenvalue weighted by Crippen LogP contribution is -2.64. The van der Waals surface area contributed by atoms with Gasteiger partial charge in [-0.3, -0.25) is 0 Å². The molecule has 0 nitrogen and oxygen atoms in total. The molecule has 0 radical (unpaired) electrons. The maximum atomic E-state index is 4.07. The van der Waals surface area contributed by atoms with Crippen molar-refractivity contribution >= 4 is 16.1 Å². The van der Waals surface area contributed by atoms with E-state index in [1.165, 1.54) is 51.4 Å². The molecule has 8 fully saturated rings. The molecule has 4 unspecified atom stereocenters. The van der Waals surface area contributed by atoms with Crippen molar-refractivity contribution in [1.29, 1.82) is 0 Å². The quantitative estimate of drug-likeness (QED) is 0.274. The van der Waals surface area contributed by atoms with Gasteiger partial charge in [0.2, 0.25) is 0 Å². The van der Waals surface area contributed by atoms with Gasteiger partial charge in [0, 0.05) is 10.8 Å². The first kappa shape index (κ1) is 22.0. The van der Waals surface area contributed by atoms with Gasteiger partial charge < -0.3 is 0 Å². The maximum Gasteiger partial charge on any atom is 0.129 e. The van der Waals surface area contributed by atoms with E-state index >= 15 is 0 Å². The second-order valence-corrected chi connectivity index (χ2v) is 25.5. The molecular formula is C30H46Si2. The molecule has 32 heavy (non-hydrogen) atoms. The van der Waals surface area contributed by atoms with Gasteiger partial charge in [-0.15, -0.1) is 22.9 Å². The van der Waals surface area contributed by atoms with E-state index < -0.39 is 16.1 Å². The van der Waals surface area contributed by atoms with Crippen molar-refractivity contribution < 1.29 is 0 Å². The van der Waals surface area contributed by atoms with Gasteiger partial charge in [-0.25, -0.2) is 0 Å². The summed E-state index contributed by atoms with van der Waals surface area (Å²) in [6.45, 7) is 14.6. The Balaban J connectivity index is 1.40.